The topological polar surface area (TPSA) is 69.6 Å². The molecule has 9 heteroatoms. The van der Waals surface area contributed by atoms with Crippen LogP contribution in [0.15, 0.2) is 0 Å². The third kappa shape index (κ3) is 2.77. The first-order valence-electron chi connectivity index (χ1n) is 8.93. The number of fused-ring (bicyclic) bond motifs is 1. The van der Waals surface area contributed by atoms with Crippen LogP contribution in [0.3, 0.4) is 0 Å². The molecule has 3 heterocycles. The highest BCUT2D eigenvalue weighted by Gasteiger charge is 2.46. The van der Waals surface area contributed by atoms with E-state index in [1.165, 1.54) is 0 Å². The molecule has 0 aromatic carbocycles. The number of alkyl halides is 3. The molecule has 3 atom stereocenters. The summed E-state index contributed by atoms with van der Waals surface area (Å²) in [7, 11) is 0. The van der Waals surface area contributed by atoms with Crippen molar-refractivity contribution in [3.05, 3.63) is 11.3 Å². The summed E-state index contributed by atoms with van der Waals surface area (Å²) >= 11 is 0. The molecule has 1 N–H and O–H groups in total. The number of halogens is 3. The van der Waals surface area contributed by atoms with Crippen molar-refractivity contribution in [3.8, 4) is 0 Å². The quantitative estimate of drug-likeness (QED) is 0.878. The fourth-order valence-electron chi connectivity index (χ4n) is 4.05. The summed E-state index contributed by atoms with van der Waals surface area (Å²) in [5.41, 5.74) is 0.188. The van der Waals surface area contributed by atoms with Gasteiger partial charge in [-0.15, -0.1) is 0 Å². The number of aromatic nitrogens is 2. The molecule has 1 aliphatic carbocycles. The highest BCUT2D eigenvalue weighted by molar-refractivity contribution is 5.67. The van der Waals surface area contributed by atoms with Crippen LogP contribution in [0.2, 0.25) is 0 Å². The molecule has 142 valence electrons. The number of nitrogens with zero attached hydrogens (tertiary/aromatic N) is 4. The molecule has 2 fully saturated rings. The van der Waals surface area contributed by atoms with Gasteiger partial charge in [0.25, 0.3) is 5.92 Å². The molecule has 0 radical (unpaired) electrons. The fraction of sp³-hybridized carbons (Fsp3) is 0.706. The van der Waals surface area contributed by atoms with Crippen molar-refractivity contribution < 1.29 is 23.1 Å². The van der Waals surface area contributed by atoms with Crippen molar-refractivity contribution in [2.45, 2.75) is 50.7 Å². The number of carboxylic acids is 1. The molecule has 0 spiro atoms. The van der Waals surface area contributed by atoms with Crippen LogP contribution >= 0.6 is 0 Å². The average Bonchev–Trinajstić information content (AvgIpc) is 3.15. The molecule has 2 aliphatic heterocycles. The van der Waals surface area contributed by atoms with Gasteiger partial charge >= 0.3 is 5.97 Å². The van der Waals surface area contributed by atoms with E-state index >= 15 is 0 Å². The molecule has 1 aromatic rings. The Bertz CT molecular complexity index is 745. The number of carbonyl (C=O) groups is 1. The zero-order valence-electron chi connectivity index (χ0n) is 14.5. The first-order valence-corrected chi connectivity index (χ1v) is 8.93. The predicted molar refractivity (Wildman–Crippen MR) is 88.5 cm³/mol. The van der Waals surface area contributed by atoms with Crippen molar-refractivity contribution in [3.63, 3.8) is 0 Å². The third-order valence-electron chi connectivity index (χ3n) is 5.70. The summed E-state index contributed by atoms with van der Waals surface area (Å²) in [6.45, 7) is 2.84. The van der Waals surface area contributed by atoms with Crippen LogP contribution in [0.1, 0.15) is 37.4 Å². The lowest BCUT2D eigenvalue weighted by Gasteiger charge is -2.42. The predicted octanol–water partition coefficient (Wildman–Crippen LogP) is 2.36. The van der Waals surface area contributed by atoms with E-state index in [0.717, 1.165) is 0 Å². The Morgan fingerprint density at radius 1 is 1.35 bits per heavy atom. The van der Waals surface area contributed by atoms with Crippen molar-refractivity contribution in [1.29, 1.82) is 0 Å². The molecule has 0 amide bonds. The molecule has 6 nitrogen and oxygen atoms in total. The van der Waals surface area contributed by atoms with E-state index in [0.29, 0.717) is 30.9 Å². The van der Waals surface area contributed by atoms with Crippen molar-refractivity contribution in [2.24, 2.45) is 5.92 Å². The second-order valence-electron chi connectivity index (χ2n) is 7.49. The smallest absolute Gasteiger partial charge is 0.303 e. The number of hydrogen-bond donors (Lipinski definition) is 1. The Morgan fingerprint density at radius 3 is 2.77 bits per heavy atom. The van der Waals surface area contributed by atoms with E-state index in [9.17, 15) is 18.0 Å². The summed E-state index contributed by atoms with van der Waals surface area (Å²) in [5, 5.41) is 8.98. The van der Waals surface area contributed by atoms with Gasteiger partial charge in [0.2, 0.25) is 5.95 Å². The normalized spacial score (nSPS) is 29.6. The summed E-state index contributed by atoms with van der Waals surface area (Å²) in [6, 6.07) is -0.436. The van der Waals surface area contributed by atoms with E-state index in [-0.39, 0.29) is 43.4 Å². The van der Waals surface area contributed by atoms with Crippen molar-refractivity contribution >= 4 is 17.7 Å². The van der Waals surface area contributed by atoms with Crippen LogP contribution in [-0.2, 0) is 17.1 Å². The lowest BCUT2D eigenvalue weighted by atomic mass is 10.0. The minimum Gasteiger partial charge on any atom is -0.481 e. The molecule has 26 heavy (non-hydrogen) atoms. The maximum Gasteiger partial charge on any atom is 0.303 e. The Labute approximate surface area is 149 Å². The van der Waals surface area contributed by atoms with Gasteiger partial charge in [-0.05, 0) is 25.7 Å². The third-order valence-corrected chi connectivity index (χ3v) is 5.70. The zero-order chi connectivity index (χ0) is 18.6. The Hall–Kier alpha value is -2.06. The van der Waals surface area contributed by atoms with Crippen LogP contribution in [0.4, 0.5) is 24.9 Å². The molecular formula is C17H21F3N4O2. The molecular weight excluding hydrogens is 349 g/mol. The maximum absolute atomic E-state index is 14.3. The number of anilines is 2. The average molecular weight is 370 g/mol. The van der Waals surface area contributed by atoms with Crippen LogP contribution in [0.5, 0.6) is 0 Å². The van der Waals surface area contributed by atoms with Gasteiger partial charge < -0.3 is 14.9 Å². The molecule has 1 unspecified atom stereocenters. The van der Waals surface area contributed by atoms with E-state index < -0.39 is 24.1 Å². The van der Waals surface area contributed by atoms with Crippen LogP contribution < -0.4 is 9.80 Å². The monoisotopic (exact) mass is 370 g/mol. The van der Waals surface area contributed by atoms with Gasteiger partial charge in [-0.25, -0.2) is 9.37 Å². The highest BCUT2D eigenvalue weighted by atomic mass is 19.3. The number of carboxylic acid groups (broad SMARTS) is 1. The second kappa shape index (κ2) is 5.99. The number of aliphatic carboxylic acids is 1. The van der Waals surface area contributed by atoms with Gasteiger partial charge in [-0.1, -0.05) is 0 Å². The van der Waals surface area contributed by atoms with Crippen LogP contribution in [0, 0.1) is 5.92 Å². The Balaban J connectivity index is 1.68. The van der Waals surface area contributed by atoms with Gasteiger partial charge in [0.1, 0.15) is 17.7 Å². The highest BCUT2D eigenvalue weighted by Crippen LogP contribution is 2.45. The van der Waals surface area contributed by atoms with Gasteiger partial charge in [0.05, 0.1) is 12.6 Å². The van der Waals surface area contributed by atoms with Gasteiger partial charge in [0, 0.05) is 31.5 Å². The van der Waals surface area contributed by atoms with Gasteiger partial charge in [-0.3, -0.25) is 4.79 Å². The van der Waals surface area contributed by atoms with Crippen LogP contribution in [0.25, 0.3) is 0 Å². The molecule has 2 saturated heterocycles. The molecule has 1 aromatic heterocycles. The molecule has 0 bridgehead atoms. The Kier molecular flexibility index (Phi) is 4.00. The summed E-state index contributed by atoms with van der Waals surface area (Å²) in [5.74, 6) is -3.29. The summed E-state index contributed by atoms with van der Waals surface area (Å²) in [6.07, 6.45) is -0.383. The number of rotatable bonds is 4. The van der Waals surface area contributed by atoms with E-state index in [1.54, 1.807) is 11.8 Å². The first-order chi connectivity index (χ1) is 12.3. The van der Waals surface area contributed by atoms with Crippen LogP contribution in [-0.4, -0.2) is 52.9 Å². The van der Waals surface area contributed by atoms with Crippen molar-refractivity contribution in [1.82, 2.24) is 9.97 Å². The van der Waals surface area contributed by atoms with Gasteiger partial charge in [0.15, 0.2) is 0 Å². The molecule has 4 rings (SSSR count). The first kappa shape index (κ1) is 17.4. The molecule has 3 aliphatic rings. The summed E-state index contributed by atoms with van der Waals surface area (Å²) in [4.78, 5) is 23.0. The van der Waals surface area contributed by atoms with E-state index in [4.69, 9.17) is 5.11 Å². The minimum atomic E-state index is -3.01. The largest absolute Gasteiger partial charge is 0.481 e. The second-order valence-corrected chi connectivity index (χ2v) is 7.49. The Morgan fingerprint density at radius 2 is 2.12 bits per heavy atom. The SMILES string of the molecule is C[C@@H]1[C@H](F)CN1c1nc(N2CCC(CC(=O)O)C2)c2c(n1)C(F)(F)CC2. The van der Waals surface area contributed by atoms with Crippen molar-refractivity contribution in [2.75, 3.05) is 29.4 Å². The van der Waals surface area contributed by atoms with E-state index in [2.05, 4.69) is 9.97 Å². The minimum absolute atomic E-state index is 0.0263. The lowest BCUT2D eigenvalue weighted by Crippen LogP contribution is -2.57. The van der Waals surface area contributed by atoms with E-state index in [1.807, 2.05) is 4.90 Å². The fourth-order valence-corrected chi connectivity index (χ4v) is 4.05. The summed E-state index contributed by atoms with van der Waals surface area (Å²) < 4.78 is 42.2. The maximum atomic E-state index is 14.3. The lowest BCUT2D eigenvalue weighted by molar-refractivity contribution is -0.137. The standard InChI is InChI=1S/C17H21F3N4O2/c1-9-12(18)8-24(9)16-21-14-11(2-4-17(14,19)20)15(22-16)23-5-3-10(7-23)6-13(25)26/h9-10,12H,2-8H2,1H3,(H,25,26)/t9-,10?,12-/m1/s1. The molecule has 0 saturated carbocycles. The zero-order valence-corrected chi connectivity index (χ0v) is 14.5. The number of hydrogen-bond acceptors (Lipinski definition) is 5. The van der Waals surface area contributed by atoms with Gasteiger partial charge in [-0.2, -0.15) is 13.8 Å².